The Morgan fingerprint density at radius 2 is 1.95 bits per heavy atom. The van der Waals surface area contributed by atoms with Crippen LogP contribution in [0.3, 0.4) is 0 Å². The summed E-state index contributed by atoms with van der Waals surface area (Å²) in [5, 5.41) is 9.28. The van der Waals surface area contributed by atoms with E-state index in [-0.39, 0.29) is 18.2 Å². The summed E-state index contributed by atoms with van der Waals surface area (Å²) in [6, 6.07) is 9.43. The zero-order valence-corrected chi connectivity index (χ0v) is 12.7. The van der Waals surface area contributed by atoms with Gasteiger partial charge in [-0.25, -0.2) is 8.42 Å². The van der Waals surface area contributed by atoms with Crippen molar-refractivity contribution in [2.75, 3.05) is 18.6 Å². The maximum atomic E-state index is 11.9. The van der Waals surface area contributed by atoms with Crippen molar-refractivity contribution in [1.29, 1.82) is 0 Å². The summed E-state index contributed by atoms with van der Waals surface area (Å²) in [4.78, 5) is 11.9. The number of aromatic amines is 1. The van der Waals surface area contributed by atoms with E-state index in [1.807, 2.05) is 31.2 Å². The summed E-state index contributed by atoms with van der Waals surface area (Å²) in [6.45, 7) is 2.07. The van der Waals surface area contributed by atoms with Gasteiger partial charge in [0.05, 0.1) is 11.4 Å². The molecule has 0 fully saturated rings. The van der Waals surface area contributed by atoms with Crippen molar-refractivity contribution in [2.24, 2.45) is 0 Å². The van der Waals surface area contributed by atoms with Crippen LogP contribution in [0.5, 0.6) is 0 Å². The monoisotopic (exact) mass is 307 g/mol. The highest BCUT2D eigenvalue weighted by atomic mass is 32.2. The van der Waals surface area contributed by atoms with Crippen LogP contribution in [-0.2, 0) is 9.84 Å². The van der Waals surface area contributed by atoms with Gasteiger partial charge in [-0.15, -0.1) is 0 Å². The molecule has 6 nitrogen and oxygen atoms in total. The van der Waals surface area contributed by atoms with Crippen molar-refractivity contribution in [3.63, 3.8) is 0 Å². The maximum absolute atomic E-state index is 11.9. The third-order valence-electron chi connectivity index (χ3n) is 2.93. The Balaban J connectivity index is 2.02. The standard InChI is InChI=1S/C14H17N3O3S/c1-10-3-5-11(6-4-10)12-9-13(17-16-12)14(18)15-7-8-21(2,19)20/h3-6,9H,7-8H2,1-2H3,(H,15,18)(H,16,17). The predicted octanol–water partition coefficient (Wildman–Crippen LogP) is 1.16. The number of hydrogen-bond acceptors (Lipinski definition) is 4. The number of rotatable bonds is 5. The molecular weight excluding hydrogens is 290 g/mol. The van der Waals surface area contributed by atoms with Crippen molar-refractivity contribution < 1.29 is 13.2 Å². The second-order valence-corrected chi connectivity index (χ2v) is 7.18. The van der Waals surface area contributed by atoms with E-state index < -0.39 is 9.84 Å². The summed E-state index contributed by atoms with van der Waals surface area (Å²) in [5.74, 6) is -0.456. The largest absolute Gasteiger partial charge is 0.350 e. The number of nitrogens with zero attached hydrogens (tertiary/aromatic N) is 1. The molecule has 2 rings (SSSR count). The van der Waals surface area contributed by atoms with E-state index in [0.29, 0.717) is 11.4 Å². The summed E-state index contributed by atoms with van der Waals surface area (Å²) in [7, 11) is -3.08. The molecule has 2 aromatic rings. The second kappa shape index (κ2) is 6.09. The molecule has 1 aromatic heterocycles. The minimum atomic E-state index is -3.08. The van der Waals surface area contributed by atoms with Crippen molar-refractivity contribution in [3.8, 4) is 11.3 Å². The average Bonchev–Trinajstić information content (AvgIpc) is 2.87. The molecule has 1 heterocycles. The minimum Gasteiger partial charge on any atom is -0.350 e. The number of benzene rings is 1. The quantitative estimate of drug-likeness (QED) is 0.867. The Morgan fingerprint density at radius 3 is 2.57 bits per heavy atom. The molecule has 0 atom stereocenters. The van der Waals surface area contributed by atoms with Crippen molar-refractivity contribution in [3.05, 3.63) is 41.6 Å². The van der Waals surface area contributed by atoms with Crippen LogP contribution in [0.25, 0.3) is 11.3 Å². The van der Waals surface area contributed by atoms with Gasteiger partial charge >= 0.3 is 0 Å². The first-order chi connectivity index (χ1) is 9.85. The number of aromatic nitrogens is 2. The van der Waals surface area contributed by atoms with Crippen LogP contribution in [0, 0.1) is 6.92 Å². The second-order valence-electron chi connectivity index (χ2n) is 4.92. The zero-order valence-electron chi connectivity index (χ0n) is 11.9. The molecule has 112 valence electrons. The van der Waals surface area contributed by atoms with Gasteiger partial charge in [-0.1, -0.05) is 29.8 Å². The van der Waals surface area contributed by atoms with E-state index in [4.69, 9.17) is 0 Å². The molecule has 0 aliphatic heterocycles. The molecule has 1 aromatic carbocycles. The van der Waals surface area contributed by atoms with Crippen LogP contribution in [0.15, 0.2) is 30.3 Å². The Bertz CT molecular complexity index is 733. The van der Waals surface area contributed by atoms with Crippen LogP contribution in [0.2, 0.25) is 0 Å². The molecule has 0 unspecified atom stereocenters. The predicted molar refractivity (Wildman–Crippen MR) is 80.8 cm³/mol. The van der Waals surface area contributed by atoms with Gasteiger partial charge in [0, 0.05) is 18.4 Å². The fraction of sp³-hybridized carbons (Fsp3) is 0.286. The number of hydrogen-bond donors (Lipinski definition) is 2. The summed E-state index contributed by atoms with van der Waals surface area (Å²) in [6.07, 6.45) is 1.13. The highest BCUT2D eigenvalue weighted by Gasteiger charge is 2.11. The van der Waals surface area contributed by atoms with E-state index in [9.17, 15) is 13.2 Å². The molecule has 7 heteroatoms. The minimum absolute atomic E-state index is 0.0799. The number of sulfone groups is 1. The normalized spacial score (nSPS) is 11.3. The molecule has 1 amide bonds. The average molecular weight is 307 g/mol. The Labute approximate surface area is 123 Å². The number of carbonyl (C=O) groups excluding carboxylic acids is 1. The molecule has 0 aliphatic carbocycles. The number of carbonyl (C=O) groups is 1. The first-order valence-corrected chi connectivity index (χ1v) is 8.49. The van der Waals surface area contributed by atoms with Gasteiger partial charge in [0.15, 0.2) is 0 Å². The van der Waals surface area contributed by atoms with Crippen LogP contribution in [0.1, 0.15) is 16.1 Å². The molecule has 0 bridgehead atoms. The van der Waals surface area contributed by atoms with Gasteiger partial charge < -0.3 is 5.32 Å². The van der Waals surface area contributed by atoms with E-state index in [1.165, 1.54) is 0 Å². The zero-order chi connectivity index (χ0) is 15.5. The van der Waals surface area contributed by atoms with E-state index in [0.717, 1.165) is 17.4 Å². The fourth-order valence-electron chi connectivity index (χ4n) is 1.76. The topological polar surface area (TPSA) is 91.9 Å². The SMILES string of the molecule is Cc1ccc(-c2cc(C(=O)NCCS(C)(=O)=O)[nH]n2)cc1. The lowest BCUT2D eigenvalue weighted by molar-refractivity contribution is 0.0951. The molecule has 0 spiro atoms. The summed E-state index contributed by atoms with van der Waals surface area (Å²) < 4.78 is 22.0. The van der Waals surface area contributed by atoms with Crippen LogP contribution in [-0.4, -0.2) is 43.1 Å². The molecule has 0 saturated heterocycles. The third kappa shape index (κ3) is 4.42. The number of amides is 1. The first kappa shape index (κ1) is 15.2. The summed E-state index contributed by atoms with van der Waals surface area (Å²) >= 11 is 0. The molecular formula is C14H17N3O3S. The molecule has 0 radical (unpaired) electrons. The molecule has 0 saturated carbocycles. The highest BCUT2D eigenvalue weighted by Crippen LogP contribution is 2.18. The molecule has 21 heavy (non-hydrogen) atoms. The van der Waals surface area contributed by atoms with Gasteiger partial charge in [0.1, 0.15) is 15.5 Å². The van der Waals surface area contributed by atoms with Crippen LogP contribution < -0.4 is 5.32 Å². The third-order valence-corrected chi connectivity index (χ3v) is 3.87. The van der Waals surface area contributed by atoms with Crippen LogP contribution in [0.4, 0.5) is 0 Å². The Kier molecular flexibility index (Phi) is 4.42. The Hall–Kier alpha value is -2.15. The smallest absolute Gasteiger partial charge is 0.269 e. The fourth-order valence-corrected chi connectivity index (χ4v) is 2.23. The summed E-state index contributed by atoms with van der Waals surface area (Å²) in [5.41, 5.74) is 3.03. The lowest BCUT2D eigenvalue weighted by Gasteiger charge is -2.01. The number of aryl methyl sites for hydroxylation is 1. The van der Waals surface area contributed by atoms with Gasteiger partial charge in [-0.05, 0) is 13.0 Å². The van der Waals surface area contributed by atoms with E-state index in [1.54, 1.807) is 6.07 Å². The molecule has 0 aliphatic rings. The van der Waals surface area contributed by atoms with Crippen molar-refractivity contribution >= 4 is 15.7 Å². The van der Waals surface area contributed by atoms with Gasteiger partial charge in [0.25, 0.3) is 5.91 Å². The lowest BCUT2D eigenvalue weighted by Crippen LogP contribution is -2.29. The van der Waals surface area contributed by atoms with Gasteiger partial charge in [-0.2, -0.15) is 5.10 Å². The van der Waals surface area contributed by atoms with Gasteiger partial charge in [0.2, 0.25) is 0 Å². The number of nitrogens with one attached hydrogen (secondary N) is 2. The van der Waals surface area contributed by atoms with Crippen molar-refractivity contribution in [2.45, 2.75) is 6.92 Å². The first-order valence-electron chi connectivity index (χ1n) is 6.43. The van der Waals surface area contributed by atoms with E-state index in [2.05, 4.69) is 15.5 Å². The maximum Gasteiger partial charge on any atom is 0.269 e. The lowest BCUT2D eigenvalue weighted by atomic mass is 10.1. The number of H-pyrrole nitrogens is 1. The van der Waals surface area contributed by atoms with Crippen molar-refractivity contribution in [1.82, 2.24) is 15.5 Å². The van der Waals surface area contributed by atoms with E-state index >= 15 is 0 Å². The van der Waals surface area contributed by atoms with Crippen LogP contribution >= 0.6 is 0 Å². The molecule has 2 N–H and O–H groups in total. The highest BCUT2D eigenvalue weighted by molar-refractivity contribution is 7.90. The Morgan fingerprint density at radius 1 is 1.29 bits per heavy atom. The van der Waals surface area contributed by atoms with Gasteiger partial charge in [-0.3, -0.25) is 9.89 Å².